The first-order valence-corrected chi connectivity index (χ1v) is 11.1. The molecule has 0 saturated carbocycles. The molecular weight excluding hydrogens is 418 g/mol. The van der Waals surface area contributed by atoms with Crippen LogP contribution in [-0.4, -0.2) is 39.4 Å². The van der Waals surface area contributed by atoms with Crippen LogP contribution in [0, 0.1) is 0 Å². The molecule has 0 bridgehead atoms. The minimum atomic E-state index is -1.12. The number of carbonyl (C=O) groups excluding carboxylic acids is 1. The van der Waals surface area contributed by atoms with Crippen LogP contribution >= 0.6 is 0 Å². The smallest absolute Gasteiger partial charge is 0.409 e. The minimum absolute atomic E-state index is 0.109. The zero-order chi connectivity index (χ0) is 23.1. The van der Waals surface area contributed by atoms with E-state index in [1.165, 1.54) is 4.90 Å². The van der Waals surface area contributed by atoms with Gasteiger partial charge in [0, 0.05) is 24.2 Å². The maximum atomic E-state index is 12.8. The summed E-state index contributed by atoms with van der Waals surface area (Å²) >= 11 is 0. The number of ether oxygens (including phenoxy) is 1. The van der Waals surface area contributed by atoms with Gasteiger partial charge in [-0.1, -0.05) is 66.7 Å². The molecular formula is C26H27N3O4. The second kappa shape index (κ2) is 10.2. The Morgan fingerprint density at radius 3 is 2.42 bits per heavy atom. The fourth-order valence-corrected chi connectivity index (χ4v) is 4.27. The van der Waals surface area contributed by atoms with Crippen LogP contribution in [0.15, 0.2) is 78.9 Å². The summed E-state index contributed by atoms with van der Waals surface area (Å²) in [6, 6.07) is 24.8. The molecule has 2 aromatic carbocycles. The zero-order valence-electron chi connectivity index (χ0n) is 18.3. The fraction of sp³-hybridized carbons (Fsp3) is 0.269. The number of alkyl carbamates (subject to hydrolysis) is 1. The van der Waals surface area contributed by atoms with E-state index in [0.717, 1.165) is 29.7 Å². The number of hydrogen-bond acceptors (Lipinski definition) is 4. The van der Waals surface area contributed by atoms with Crippen molar-refractivity contribution in [2.75, 3.05) is 6.54 Å². The van der Waals surface area contributed by atoms with Crippen molar-refractivity contribution in [2.24, 2.45) is 0 Å². The molecule has 7 nitrogen and oxygen atoms in total. The standard InChI is InChI=1S/C26H27N3O4/c30-24(33-19-20-10-3-1-4-11-20)28-26(16-7-8-17-29(26)25(31)32)18-22-14-9-15-23(27-22)21-12-5-2-6-13-21/h1-6,9-15H,7-8,16-19H2,(H,28,30)(H,31,32). The van der Waals surface area contributed by atoms with Gasteiger partial charge in [-0.3, -0.25) is 15.2 Å². The van der Waals surface area contributed by atoms with Crippen molar-refractivity contribution in [1.82, 2.24) is 15.2 Å². The molecule has 7 heteroatoms. The van der Waals surface area contributed by atoms with E-state index in [4.69, 9.17) is 9.72 Å². The van der Waals surface area contributed by atoms with E-state index >= 15 is 0 Å². The summed E-state index contributed by atoms with van der Waals surface area (Å²) in [5, 5.41) is 12.8. The van der Waals surface area contributed by atoms with Crippen LogP contribution in [0.3, 0.4) is 0 Å². The minimum Gasteiger partial charge on any atom is -0.465 e. The highest BCUT2D eigenvalue weighted by Crippen LogP contribution is 2.30. The molecule has 1 aliphatic rings. The number of carbonyl (C=O) groups is 2. The average Bonchev–Trinajstić information content (AvgIpc) is 2.84. The number of nitrogens with zero attached hydrogens (tertiary/aromatic N) is 2. The zero-order valence-corrected chi connectivity index (χ0v) is 18.3. The van der Waals surface area contributed by atoms with Crippen LogP contribution in [-0.2, 0) is 17.8 Å². The summed E-state index contributed by atoms with van der Waals surface area (Å²) < 4.78 is 5.42. The summed E-state index contributed by atoms with van der Waals surface area (Å²) in [5.74, 6) is 0. The van der Waals surface area contributed by atoms with E-state index in [1.807, 2.05) is 78.9 Å². The number of pyridine rings is 1. The van der Waals surface area contributed by atoms with Crippen molar-refractivity contribution in [2.45, 2.75) is 38.0 Å². The van der Waals surface area contributed by atoms with E-state index in [1.54, 1.807) is 0 Å². The Morgan fingerprint density at radius 1 is 0.970 bits per heavy atom. The van der Waals surface area contributed by atoms with Gasteiger partial charge in [0.1, 0.15) is 12.3 Å². The first-order chi connectivity index (χ1) is 16.1. The molecule has 0 spiro atoms. The lowest BCUT2D eigenvalue weighted by molar-refractivity contribution is 0.0198. The number of likely N-dealkylation sites (tertiary alicyclic amines) is 1. The first-order valence-electron chi connectivity index (χ1n) is 11.1. The molecule has 2 amide bonds. The Balaban J connectivity index is 1.57. The Bertz CT molecular complexity index is 1090. The molecule has 0 aliphatic carbocycles. The molecule has 2 N–H and O–H groups in total. The fourth-order valence-electron chi connectivity index (χ4n) is 4.27. The van der Waals surface area contributed by atoms with Crippen LogP contribution in [0.2, 0.25) is 0 Å². The van der Waals surface area contributed by atoms with Crippen LogP contribution in [0.1, 0.15) is 30.5 Å². The highest BCUT2D eigenvalue weighted by molar-refractivity contribution is 5.71. The molecule has 170 valence electrons. The first kappa shape index (κ1) is 22.3. The maximum absolute atomic E-state index is 12.8. The number of amides is 2. The number of piperidine rings is 1. The molecule has 2 heterocycles. The van der Waals surface area contributed by atoms with E-state index in [-0.39, 0.29) is 13.0 Å². The predicted octanol–water partition coefficient (Wildman–Crippen LogP) is 5.08. The summed E-state index contributed by atoms with van der Waals surface area (Å²) in [6.45, 7) is 0.449. The average molecular weight is 446 g/mol. The Hall–Kier alpha value is -3.87. The molecule has 1 aliphatic heterocycles. The second-order valence-corrected chi connectivity index (χ2v) is 8.17. The molecule has 0 radical (unpaired) electrons. The SMILES string of the molecule is O=C(NC1(Cc2cccc(-c3ccccc3)n2)CCCCN1C(=O)O)OCc1ccccc1. The molecule has 1 unspecified atom stereocenters. The van der Waals surface area contributed by atoms with Gasteiger partial charge in [-0.15, -0.1) is 0 Å². The Labute approximate surface area is 193 Å². The second-order valence-electron chi connectivity index (χ2n) is 8.17. The topological polar surface area (TPSA) is 91.8 Å². The summed E-state index contributed by atoms with van der Waals surface area (Å²) in [6.07, 6.45) is 0.550. The lowest BCUT2D eigenvalue weighted by atomic mass is 9.90. The van der Waals surface area contributed by atoms with E-state index < -0.39 is 17.8 Å². The van der Waals surface area contributed by atoms with Gasteiger partial charge >= 0.3 is 12.2 Å². The Morgan fingerprint density at radius 2 is 1.70 bits per heavy atom. The van der Waals surface area contributed by atoms with Crippen LogP contribution in [0.4, 0.5) is 9.59 Å². The predicted molar refractivity (Wildman–Crippen MR) is 124 cm³/mol. The molecule has 1 aromatic heterocycles. The number of carboxylic acid groups (broad SMARTS) is 1. The third kappa shape index (κ3) is 5.49. The van der Waals surface area contributed by atoms with Gasteiger partial charge in [0.15, 0.2) is 0 Å². The van der Waals surface area contributed by atoms with E-state index in [0.29, 0.717) is 18.7 Å². The van der Waals surface area contributed by atoms with Crippen molar-refractivity contribution >= 4 is 12.2 Å². The Kier molecular flexibility index (Phi) is 6.88. The van der Waals surface area contributed by atoms with Gasteiger partial charge in [-0.2, -0.15) is 0 Å². The summed E-state index contributed by atoms with van der Waals surface area (Å²) in [4.78, 5) is 31.0. The third-order valence-corrected chi connectivity index (χ3v) is 5.87. The van der Waals surface area contributed by atoms with E-state index in [9.17, 15) is 14.7 Å². The molecule has 1 saturated heterocycles. The monoisotopic (exact) mass is 445 g/mol. The van der Waals surface area contributed by atoms with Crippen LogP contribution in [0.5, 0.6) is 0 Å². The molecule has 3 aromatic rings. The summed E-state index contributed by atoms with van der Waals surface area (Å²) in [7, 11) is 0. The lowest BCUT2D eigenvalue weighted by Crippen LogP contribution is -2.65. The van der Waals surface area contributed by atoms with Crippen molar-refractivity contribution in [1.29, 1.82) is 0 Å². The van der Waals surface area contributed by atoms with Gasteiger partial charge in [0.05, 0.1) is 5.69 Å². The quantitative estimate of drug-likeness (QED) is 0.552. The van der Waals surface area contributed by atoms with Crippen molar-refractivity contribution < 1.29 is 19.4 Å². The number of hydrogen-bond donors (Lipinski definition) is 2. The normalized spacial score (nSPS) is 17.9. The molecule has 4 rings (SSSR count). The van der Waals surface area contributed by atoms with Gasteiger partial charge in [-0.25, -0.2) is 9.59 Å². The summed E-state index contributed by atoms with van der Waals surface area (Å²) in [5.41, 5.74) is 2.21. The highest BCUT2D eigenvalue weighted by Gasteiger charge is 2.44. The van der Waals surface area contributed by atoms with Gasteiger partial charge in [0.25, 0.3) is 0 Å². The van der Waals surface area contributed by atoms with Gasteiger partial charge in [-0.05, 0) is 37.0 Å². The van der Waals surface area contributed by atoms with Crippen molar-refractivity contribution in [3.63, 3.8) is 0 Å². The number of rotatable bonds is 6. The molecule has 1 atom stereocenters. The van der Waals surface area contributed by atoms with Gasteiger partial charge < -0.3 is 9.84 Å². The van der Waals surface area contributed by atoms with Gasteiger partial charge in [0.2, 0.25) is 0 Å². The van der Waals surface area contributed by atoms with Crippen LogP contribution in [0.25, 0.3) is 11.3 Å². The highest BCUT2D eigenvalue weighted by atomic mass is 16.5. The number of nitrogens with one attached hydrogen (secondary N) is 1. The third-order valence-electron chi connectivity index (χ3n) is 5.87. The largest absolute Gasteiger partial charge is 0.465 e. The van der Waals surface area contributed by atoms with Crippen molar-refractivity contribution in [3.8, 4) is 11.3 Å². The number of aromatic nitrogens is 1. The van der Waals surface area contributed by atoms with E-state index in [2.05, 4.69) is 5.32 Å². The van der Waals surface area contributed by atoms with Crippen LogP contribution < -0.4 is 5.32 Å². The molecule has 1 fully saturated rings. The maximum Gasteiger partial charge on any atom is 0.409 e. The lowest BCUT2D eigenvalue weighted by Gasteiger charge is -2.45. The van der Waals surface area contributed by atoms with Crippen molar-refractivity contribution in [3.05, 3.63) is 90.1 Å². The molecule has 33 heavy (non-hydrogen) atoms. The number of benzene rings is 2.